The van der Waals surface area contributed by atoms with Crippen LogP contribution in [-0.2, 0) is 10.0 Å². The molecule has 0 amide bonds. The summed E-state index contributed by atoms with van der Waals surface area (Å²) in [5, 5.41) is 2.22. The van der Waals surface area contributed by atoms with Gasteiger partial charge in [0.15, 0.2) is 0 Å². The van der Waals surface area contributed by atoms with Gasteiger partial charge in [-0.15, -0.1) is 0 Å². The van der Waals surface area contributed by atoms with E-state index in [1.165, 1.54) is 4.31 Å². The topological polar surface area (TPSA) is 63.4 Å². The van der Waals surface area contributed by atoms with Gasteiger partial charge in [0.05, 0.1) is 10.6 Å². The van der Waals surface area contributed by atoms with Crippen LogP contribution in [0.15, 0.2) is 71.6 Å². The van der Waals surface area contributed by atoms with E-state index in [0.717, 1.165) is 10.8 Å². The summed E-state index contributed by atoms with van der Waals surface area (Å²) in [6.45, 7) is 0.753. The molecule has 0 aliphatic heterocycles. The van der Waals surface area contributed by atoms with Crippen molar-refractivity contribution in [3.05, 3.63) is 71.8 Å². The highest BCUT2D eigenvalue weighted by Gasteiger charge is 2.24. The predicted molar refractivity (Wildman–Crippen MR) is 104 cm³/mol. The maximum absolute atomic E-state index is 13.2. The third-order valence-corrected chi connectivity index (χ3v) is 6.15. The second-order valence-corrected chi connectivity index (χ2v) is 7.95. The van der Waals surface area contributed by atoms with Crippen LogP contribution >= 0.6 is 11.6 Å². The number of rotatable bonds is 6. The SMILES string of the molecule is NCCCN(c1ccccc1)S(=O)(=O)c1ccc2c(Cl)cccc2c1. The molecule has 0 radical (unpaired) electrons. The van der Waals surface area contributed by atoms with Crippen LogP contribution in [0, 0.1) is 0 Å². The summed E-state index contributed by atoms with van der Waals surface area (Å²) < 4.78 is 27.8. The summed E-state index contributed by atoms with van der Waals surface area (Å²) in [5.74, 6) is 0. The van der Waals surface area contributed by atoms with Crippen LogP contribution in [0.1, 0.15) is 6.42 Å². The quantitative estimate of drug-likeness (QED) is 0.708. The molecule has 0 aliphatic rings. The Morgan fingerprint density at radius 3 is 2.44 bits per heavy atom. The first-order chi connectivity index (χ1) is 12.0. The van der Waals surface area contributed by atoms with Gasteiger partial charge in [0.25, 0.3) is 10.0 Å². The third kappa shape index (κ3) is 3.63. The number of fused-ring (bicyclic) bond motifs is 1. The van der Waals surface area contributed by atoms with Crippen molar-refractivity contribution in [3.8, 4) is 0 Å². The zero-order valence-corrected chi connectivity index (χ0v) is 15.2. The van der Waals surface area contributed by atoms with Crippen LogP contribution in [0.25, 0.3) is 10.8 Å². The summed E-state index contributed by atoms with van der Waals surface area (Å²) in [5.41, 5.74) is 6.22. The van der Waals surface area contributed by atoms with Crippen LogP contribution in [-0.4, -0.2) is 21.5 Å². The Morgan fingerprint density at radius 2 is 1.72 bits per heavy atom. The molecule has 0 bridgehead atoms. The van der Waals surface area contributed by atoms with Crippen molar-refractivity contribution in [2.75, 3.05) is 17.4 Å². The second-order valence-electron chi connectivity index (χ2n) is 5.68. The molecule has 3 aromatic carbocycles. The molecule has 0 heterocycles. The number of hydrogen-bond acceptors (Lipinski definition) is 3. The van der Waals surface area contributed by atoms with Gasteiger partial charge in [0.2, 0.25) is 0 Å². The average molecular weight is 375 g/mol. The van der Waals surface area contributed by atoms with Gasteiger partial charge in [-0.1, -0.05) is 48.0 Å². The fourth-order valence-corrected chi connectivity index (χ4v) is 4.51. The maximum atomic E-state index is 13.2. The number of halogens is 1. The smallest absolute Gasteiger partial charge is 0.264 e. The number of nitrogens with zero attached hydrogens (tertiary/aromatic N) is 1. The minimum absolute atomic E-state index is 0.239. The van der Waals surface area contributed by atoms with Crippen LogP contribution < -0.4 is 10.0 Å². The molecule has 0 saturated heterocycles. The highest BCUT2D eigenvalue weighted by Crippen LogP contribution is 2.29. The number of benzene rings is 3. The minimum Gasteiger partial charge on any atom is -0.330 e. The Labute approximate surface area is 152 Å². The van der Waals surface area contributed by atoms with Gasteiger partial charge in [0.1, 0.15) is 0 Å². The Balaban J connectivity index is 2.08. The van der Waals surface area contributed by atoms with E-state index in [4.69, 9.17) is 17.3 Å². The molecule has 25 heavy (non-hydrogen) atoms. The molecule has 0 aliphatic carbocycles. The highest BCUT2D eigenvalue weighted by molar-refractivity contribution is 7.92. The van der Waals surface area contributed by atoms with Crippen LogP contribution in [0.3, 0.4) is 0 Å². The lowest BCUT2D eigenvalue weighted by Gasteiger charge is -2.24. The van der Waals surface area contributed by atoms with Crippen molar-refractivity contribution < 1.29 is 8.42 Å². The molecule has 130 valence electrons. The molecule has 0 fully saturated rings. The molecule has 6 heteroatoms. The van der Waals surface area contributed by atoms with Crippen LogP contribution in [0.5, 0.6) is 0 Å². The number of sulfonamides is 1. The highest BCUT2D eigenvalue weighted by atomic mass is 35.5. The van der Waals surface area contributed by atoms with Gasteiger partial charge in [-0.3, -0.25) is 4.31 Å². The molecule has 2 N–H and O–H groups in total. The summed E-state index contributed by atoms with van der Waals surface area (Å²) in [7, 11) is -3.70. The van der Waals surface area contributed by atoms with E-state index < -0.39 is 10.0 Å². The molecular formula is C19H19ClN2O2S. The van der Waals surface area contributed by atoms with Crippen molar-refractivity contribution in [2.45, 2.75) is 11.3 Å². The van der Waals surface area contributed by atoms with Gasteiger partial charge in [-0.05, 0) is 48.7 Å². The lowest BCUT2D eigenvalue weighted by Crippen LogP contribution is -2.33. The van der Waals surface area contributed by atoms with E-state index >= 15 is 0 Å². The van der Waals surface area contributed by atoms with Crippen molar-refractivity contribution in [3.63, 3.8) is 0 Å². The molecule has 0 atom stereocenters. The standard InChI is InChI=1S/C19H19ClN2O2S/c20-19-9-4-6-15-14-17(10-11-18(15)19)25(23,24)22(13-5-12-21)16-7-2-1-3-8-16/h1-4,6-11,14H,5,12-13,21H2. The number of anilines is 1. The van der Waals surface area contributed by atoms with E-state index in [1.807, 2.05) is 30.3 Å². The average Bonchev–Trinajstić information content (AvgIpc) is 2.63. The summed E-state index contributed by atoms with van der Waals surface area (Å²) in [6.07, 6.45) is 0.577. The second kappa shape index (κ2) is 7.44. The minimum atomic E-state index is -3.70. The first kappa shape index (κ1) is 17.7. The fourth-order valence-electron chi connectivity index (χ4n) is 2.73. The first-order valence-corrected chi connectivity index (χ1v) is 9.82. The van der Waals surface area contributed by atoms with Gasteiger partial charge < -0.3 is 5.73 Å². The molecule has 3 aromatic rings. The Morgan fingerprint density at radius 1 is 0.960 bits per heavy atom. The first-order valence-electron chi connectivity index (χ1n) is 8.00. The summed E-state index contributed by atoms with van der Waals surface area (Å²) in [6, 6.07) is 19.5. The van der Waals surface area contributed by atoms with E-state index in [0.29, 0.717) is 30.2 Å². The Kier molecular flexibility index (Phi) is 5.27. The number of nitrogens with two attached hydrogens (primary N) is 1. The molecule has 0 unspecified atom stereocenters. The zero-order chi connectivity index (χ0) is 17.9. The number of hydrogen-bond donors (Lipinski definition) is 1. The monoisotopic (exact) mass is 374 g/mol. The maximum Gasteiger partial charge on any atom is 0.264 e. The van der Waals surface area contributed by atoms with Crippen molar-refractivity contribution in [1.82, 2.24) is 0 Å². The molecule has 3 rings (SSSR count). The van der Waals surface area contributed by atoms with Gasteiger partial charge in [-0.25, -0.2) is 8.42 Å². The molecular weight excluding hydrogens is 356 g/mol. The molecule has 0 saturated carbocycles. The predicted octanol–water partition coefficient (Wildman–Crippen LogP) is 4.04. The number of para-hydroxylation sites is 1. The van der Waals surface area contributed by atoms with Gasteiger partial charge in [0, 0.05) is 17.0 Å². The van der Waals surface area contributed by atoms with E-state index in [-0.39, 0.29) is 4.90 Å². The lowest BCUT2D eigenvalue weighted by molar-refractivity contribution is 0.589. The van der Waals surface area contributed by atoms with Gasteiger partial charge >= 0.3 is 0 Å². The van der Waals surface area contributed by atoms with E-state index in [9.17, 15) is 8.42 Å². The Bertz CT molecular complexity index is 975. The van der Waals surface area contributed by atoms with Crippen LogP contribution in [0.4, 0.5) is 5.69 Å². The molecule has 4 nitrogen and oxygen atoms in total. The van der Waals surface area contributed by atoms with Gasteiger partial charge in [-0.2, -0.15) is 0 Å². The van der Waals surface area contributed by atoms with E-state index in [1.54, 1.807) is 36.4 Å². The Hall–Kier alpha value is -2.08. The van der Waals surface area contributed by atoms with Crippen molar-refractivity contribution >= 4 is 38.1 Å². The molecule has 0 spiro atoms. The largest absolute Gasteiger partial charge is 0.330 e. The lowest BCUT2D eigenvalue weighted by atomic mass is 10.1. The molecule has 0 aromatic heterocycles. The third-order valence-electron chi connectivity index (χ3n) is 4.00. The van der Waals surface area contributed by atoms with Crippen molar-refractivity contribution in [1.29, 1.82) is 0 Å². The normalized spacial score (nSPS) is 11.6. The van der Waals surface area contributed by atoms with Crippen LogP contribution in [0.2, 0.25) is 5.02 Å². The summed E-state index contributed by atoms with van der Waals surface area (Å²) >= 11 is 6.18. The zero-order valence-electron chi connectivity index (χ0n) is 13.6. The fraction of sp³-hybridized carbons (Fsp3) is 0.158. The van der Waals surface area contributed by atoms with E-state index in [2.05, 4.69) is 0 Å². The summed E-state index contributed by atoms with van der Waals surface area (Å²) in [4.78, 5) is 0.239. The van der Waals surface area contributed by atoms with Crippen molar-refractivity contribution in [2.24, 2.45) is 5.73 Å².